The largest absolute Gasteiger partial charge is 0.368 e. The third-order valence-corrected chi connectivity index (χ3v) is 5.64. The average molecular weight is 279 g/mol. The molecule has 1 unspecified atom stereocenters. The van der Waals surface area contributed by atoms with Crippen LogP contribution in [0.1, 0.15) is 51.4 Å². The molecule has 114 valence electrons. The van der Waals surface area contributed by atoms with Crippen LogP contribution in [0.25, 0.3) is 0 Å². The van der Waals surface area contributed by atoms with E-state index in [4.69, 9.17) is 5.73 Å². The molecule has 3 heterocycles. The fourth-order valence-corrected chi connectivity index (χ4v) is 4.62. The number of primary amides is 1. The van der Waals surface area contributed by atoms with Crippen molar-refractivity contribution in [1.29, 1.82) is 0 Å². The lowest BCUT2D eigenvalue weighted by molar-refractivity contribution is -0.125. The SMILES string of the molecule is NC(=O)C1CCCCN1C[C@@H]1CCCN2CCCC[C@H]12. The van der Waals surface area contributed by atoms with Crippen LogP contribution >= 0.6 is 0 Å². The maximum atomic E-state index is 11.7. The van der Waals surface area contributed by atoms with Crippen molar-refractivity contribution >= 4 is 5.91 Å². The van der Waals surface area contributed by atoms with Crippen LogP contribution in [-0.2, 0) is 4.79 Å². The number of likely N-dealkylation sites (tertiary alicyclic amines) is 1. The van der Waals surface area contributed by atoms with E-state index in [0.29, 0.717) is 0 Å². The van der Waals surface area contributed by atoms with Crippen LogP contribution in [0, 0.1) is 5.92 Å². The van der Waals surface area contributed by atoms with Crippen LogP contribution in [0.15, 0.2) is 0 Å². The summed E-state index contributed by atoms with van der Waals surface area (Å²) in [5, 5.41) is 0. The number of hydrogen-bond acceptors (Lipinski definition) is 3. The first-order chi connectivity index (χ1) is 9.75. The number of rotatable bonds is 3. The van der Waals surface area contributed by atoms with Gasteiger partial charge in [0.25, 0.3) is 0 Å². The van der Waals surface area contributed by atoms with E-state index in [9.17, 15) is 4.79 Å². The van der Waals surface area contributed by atoms with Crippen molar-refractivity contribution in [3.63, 3.8) is 0 Å². The number of amides is 1. The molecule has 0 aromatic heterocycles. The van der Waals surface area contributed by atoms with E-state index in [2.05, 4.69) is 9.80 Å². The topological polar surface area (TPSA) is 49.6 Å². The highest BCUT2D eigenvalue weighted by Gasteiger charge is 2.36. The second-order valence-corrected chi connectivity index (χ2v) is 6.91. The molecule has 0 bridgehead atoms. The van der Waals surface area contributed by atoms with Gasteiger partial charge >= 0.3 is 0 Å². The van der Waals surface area contributed by atoms with E-state index in [-0.39, 0.29) is 11.9 Å². The molecule has 0 aliphatic carbocycles. The van der Waals surface area contributed by atoms with Crippen molar-refractivity contribution in [1.82, 2.24) is 9.80 Å². The number of carbonyl (C=O) groups is 1. The van der Waals surface area contributed by atoms with Gasteiger partial charge in [-0.2, -0.15) is 0 Å². The Bertz CT molecular complexity index is 345. The quantitative estimate of drug-likeness (QED) is 0.853. The molecule has 3 fully saturated rings. The van der Waals surface area contributed by atoms with Gasteiger partial charge in [0.1, 0.15) is 0 Å². The summed E-state index contributed by atoms with van der Waals surface area (Å²) in [6, 6.07) is 0.774. The molecule has 0 radical (unpaired) electrons. The van der Waals surface area contributed by atoms with Crippen molar-refractivity contribution in [3.05, 3.63) is 0 Å². The minimum Gasteiger partial charge on any atom is -0.368 e. The summed E-state index contributed by atoms with van der Waals surface area (Å²) >= 11 is 0. The fourth-order valence-electron chi connectivity index (χ4n) is 4.62. The van der Waals surface area contributed by atoms with Gasteiger partial charge in [-0.25, -0.2) is 0 Å². The van der Waals surface area contributed by atoms with Gasteiger partial charge in [0.2, 0.25) is 5.91 Å². The highest BCUT2D eigenvalue weighted by Crippen LogP contribution is 2.32. The minimum absolute atomic E-state index is 0.00252. The van der Waals surface area contributed by atoms with Crippen molar-refractivity contribution < 1.29 is 4.79 Å². The maximum Gasteiger partial charge on any atom is 0.234 e. The zero-order chi connectivity index (χ0) is 13.9. The Morgan fingerprint density at radius 1 is 0.950 bits per heavy atom. The molecule has 4 heteroatoms. The van der Waals surface area contributed by atoms with Crippen molar-refractivity contribution in [2.45, 2.75) is 63.5 Å². The molecule has 3 rings (SSSR count). The van der Waals surface area contributed by atoms with Gasteiger partial charge in [-0.05, 0) is 64.1 Å². The lowest BCUT2D eigenvalue weighted by Gasteiger charge is -2.47. The molecular weight excluding hydrogens is 250 g/mol. The number of piperidine rings is 3. The Kier molecular flexibility index (Phi) is 4.61. The first-order valence-corrected chi connectivity index (χ1v) is 8.53. The number of hydrogen-bond donors (Lipinski definition) is 1. The Balaban J connectivity index is 1.64. The normalized spacial score (nSPS) is 36.5. The summed E-state index contributed by atoms with van der Waals surface area (Å²) < 4.78 is 0. The van der Waals surface area contributed by atoms with Crippen LogP contribution in [0.3, 0.4) is 0 Å². The first kappa shape index (κ1) is 14.3. The number of carbonyl (C=O) groups excluding carboxylic acids is 1. The molecule has 3 aliphatic rings. The van der Waals surface area contributed by atoms with Gasteiger partial charge in [-0.15, -0.1) is 0 Å². The minimum atomic E-state index is -0.110. The predicted molar refractivity (Wildman–Crippen MR) is 80.3 cm³/mol. The van der Waals surface area contributed by atoms with Crippen LogP contribution in [-0.4, -0.2) is 54.0 Å². The smallest absolute Gasteiger partial charge is 0.234 e. The molecule has 4 nitrogen and oxygen atoms in total. The fraction of sp³-hybridized carbons (Fsp3) is 0.938. The third kappa shape index (κ3) is 3.01. The molecule has 2 N–H and O–H groups in total. The number of nitrogens with two attached hydrogens (primary N) is 1. The van der Waals surface area contributed by atoms with Gasteiger partial charge in [0.15, 0.2) is 0 Å². The van der Waals surface area contributed by atoms with Gasteiger partial charge in [0.05, 0.1) is 6.04 Å². The van der Waals surface area contributed by atoms with E-state index in [1.807, 2.05) is 0 Å². The predicted octanol–water partition coefficient (Wildman–Crippen LogP) is 1.59. The molecule has 0 spiro atoms. The molecule has 0 aromatic carbocycles. The lowest BCUT2D eigenvalue weighted by Crippen LogP contribution is -2.55. The van der Waals surface area contributed by atoms with E-state index in [1.54, 1.807) is 0 Å². The summed E-state index contributed by atoms with van der Waals surface area (Å²) in [5.74, 6) is 0.644. The Labute approximate surface area is 122 Å². The standard InChI is InChI=1S/C16H29N3O/c17-16(20)15-8-2-4-10-19(15)12-13-6-5-11-18-9-3-1-7-14(13)18/h13-15H,1-12H2,(H2,17,20)/t13-,14+,15?/m0/s1. The van der Waals surface area contributed by atoms with Gasteiger partial charge in [-0.1, -0.05) is 12.8 Å². The average Bonchev–Trinajstić information content (AvgIpc) is 2.48. The van der Waals surface area contributed by atoms with Crippen LogP contribution in [0.2, 0.25) is 0 Å². The maximum absolute atomic E-state index is 11.7. The highest BCUT2D eigenvalue weighted by atomic mass is 16.1. The van der Waals surface area contributed by atoms with Gasteiger partial charge < -0.3 is 10.6 Å². The van der Waals surface area contributed by atoms with E-state index in [0.717, 1.165) is 37.9 Å². The Hall–Kier alpha value is -0.610. The van der Waals surface area contributed by atoms with Crippen molar-refractivity contribution in [2.75, 3.05) is 26.2 Å². The second-order valence-electron chi connectivity index (χ2n) is 6.91. The third-order valence-electron chi connectivity index (χ3n) is 5.64. The van der Waals surface area contributed by atoms with Crippen molar-refractivity contribution in [2.24, 2.45) is 11.7 Å². The summed E-state index contributed by atoms with van der Waals surface area (Å²) in [4.78, 5) is 16.8. The molecule has 20 heavy (non-hydrogen) atoms. The number of fused-ring (bicyclic) bond motifs is 1. The number of nitrogens with zero attached hydrogens (tertiary/aromatic N) is 2. The van der Waals surface area contributed by atoms with E-state index in [1.165, 1.54) is 51.6 Å². The molecule has 1 amide bonds. The second kappa shape index (κ2) is 6.44. The molecule has 3 atom stereocenters. The zero-order valence-corrected chi connectivity index (χ0v) is 12.6. The Morgan fingerprint density at radius 3 is 2.55 bits per heavy atom. The summed E-state index contributed by atoms with van der Waals surface area (Å²) in [5.41, 5.74) is 5.60. The van der Waals surface area contributed by atoms with Crippen LogP contribution < -0.4 is 5.73 Å². The zero-order valence-electron chi connectivity index (χ0n) is 12.6. The monoisotopic (exact) mass is 279 g/mol. The van der Waals surface area contributed by atoms with Crippen LogP contribution in [0.4, 0.5) is 0 Å². The molecule has 0 saturated carbocycles. The van der Waals surface area contributed by atoms with Crippen molar-refractivity contribution in [3.8, 4) is 0 Å². The van der Waals surface area contributed by atoms with E-state index < -0.39 is 0 Å². The van der Waals surface area contributed by atoms with Crippen LogP contribution in [0.5, 0.6) is 0 Å². The molecular formula is C16H29N3O. The Morgan fingerprint density at radius 2 is 1.70 bits per heavy atom. The highest BCUT2D eigenvalue weighted by molar-refractivity contribution is 5.79. The van der Waals surface area contributed by atoms with Gasteiger partial charge in [-0.3, -0.25) is 9.69 Å². The molecule has 0 aromatic rings. The molecule has 3 saturated heterocycles. The lowest BCUT2D eigenvalue weighted by atomic mass is 9.82. The summed E-state index contributed by atoms with van der Waals surface area (Å²) in [6.45, 7) is 4.74. The first-order valence-electron chi connectivity index (χ1n) is 8.53. The van der Waals surface area contributed by atoms with Gasteiger partial charge in [0, 0.05) is 12.6 Å². The molecule has 3 aliphatic heterocycles. The summed E-state index contributed by atoms with van der Waals surface area (Å²) in [6.07, 6.45) is 10.1. The van der Waals surface area contributed by atoms with E-state index >= 15 is 0 Å². The summed E-state index contributed by atoms with van der Waals surface area (Å²) in [7, 11) is 0.